The predicted molar refractivity (Wildman–Crippen MR) is 83.9 cm³/mol. The van der Waals surface area contributed by atoms with E-state index in [1.54, 1.807) is 12.1 Å². The summed E-state index contributed by atoms with van der Waals surface area (Å²) in [6.45, 7) is 4.49. The number of aromatic nitrogens is 2. The van der Waals surface area contributed by atoms with E-state index in [0.717, 1.165) is 43.9 Å². The molecule has 1 fully saturated rings. The van der Waals surface area contributed by atoms with Crippen LogP contribution in [0.5, 0.6) is 5.75 Å². The van der Waals surface area contributed by atoms with Crippen molar-refractivity contribution < 1.29 is 9.26 Å². The average molecular weight is 312 g/mol. The van der Waals surface area contributed by atoms with Crippen molar-refractivity contribution in [2.45, 2.75) is 32.2 Å². The lowest BCUT2D eigenvalue weighted by molar-refractivity contribution is 0.214. The van der Waals surface area contributed by atoms with E-state index in [1.807, 2.05) is 19.1 Å². The summed E-state index contributed by atoms with van der Waals surface area (Å²) in [4.78, 5) is 6.75. The molecule has 0 radical (unpaired) electrons. The van der Waals surface area contributed by atoms with Gasteiger partial charge in [0, 0.05) is 13.5 Å². The number of rotatable bonds is 6. The van der Waals surface area contributed by atoms with Crippen LogP contribution in [0.2, 0.25) is 0 Å². The van der Waals surface area contributed by atoms with Crippen molar-refractivity contribution in [3.63, 3.8) is 0 Å². The monoisotopic (exact) mass is 312 g/mol. The van der Waals surface area contributed by atoms with Gasteiger partial charge in [-0.1, -0.05) is 5.16 Å². The van der Waals surface area contributed by atoms with Crippen molar-refractivity contribution in [2.75, 3.05) is 19.7 Å². The van der Waals surface area contributed by atoms with Crippen LogP contribution >= 0.6 is 0 Å². The molecule has 0 bridgehead atoms. The van der Waals surface area contributed by atoms with Gasteiger partial charge in [0.05, 0.1) is 24.3 Å². The maximum Gasteiger partial charge on any atom is 0.223 e. The molecular formula is C17H20N4O2. The first-order valence-electron chi connectivity index (χ1n) is 7.93. The summed E-state index contributed by atoms with van der Waals surface area (Å²) in [5, 5.41) is 12.8. The first kappa shape index (κ1) is 15.5. The smallest absolute Gasteiger partial charge is 0.223 e. The van der Waals surface area contributed by atoms with Crippen molar-refractivity contribution in [3.05, 3.63) is 41.5 Å². The van der Waals surface area contributed by atoms with Gasteiger partial charge in [0.25, 0.3) is 0 Å². The second-order valence-corrected chi connectivity index (χ2v) is 5.70. The molecule has 1 aromatic heterocycles. The van der Waals surface area contributed by atoms with Crippen LogP contribution < -0.4 is 4.74 Å². The number of ether oxygens (including phenoxy) is 1. The number of aryl methyl sites for hydroxylation is 1. The number of likely N-dealkylation sites (tertiary alicyclic amines) is 1. The van der Waals surface area contributed by atoms with Crippen LogP contribution in [-0.2, 0) is 0 Å². The van der Waals surface area contributed by atoms with Crippen molar-refractivity contribution in [2.24, 2.45) is 0 Å². The molecular weight excluding hydrogens is 292 g/mol. The van der Waals surface area contributed by atoms with Crippen LogP contribution in [0.4, 0.5) is 0 Å². The maximum absolute atomic E-state index is 8.77. The van der Waals surface area contributed by atoms with Crippen molar-refractivity contribution in [1.29, 1.82) is 5.26 Å². The molecule has 2 aromatic rings. The molecule has 2 heterocycles. The zero-order valence-corrected chi connectivity index (χ0v) is 13.2. The Bertz CT molecular complexity index is 675. The fraction of sp³-hybridized carbons (Fsp3) is 0.471. The third-order valence-corrected chi connectivity index (χ3v) is 4.05. The number of hydrogen-bond donors (Lipinski definition) is 0. The highest BCUT2D eigenvalue weighted by Gasteiger charge is 2.29. The first-order valence-corrected chi connectivity index (χ1v) is 7.93. The van der Waals surface area contributed by atoms with E-state index in [-0.39, 0.29) is 6.04 Å². The molecule has 0 spiro atoms. The summed E-state index contributed by atoms with van der Waals surface area (Å²) in [7, 11) is 0. The summed E-state index contributed by atoms with van der Waals surface area (Å²) in [5.41, 5.74) is 0.646. The van der Waals surface area contributed by atoms with Crippen LogP contribution in [0, 0.1) is 18.3 Å². The SMILES string of the molecule is Cc1nc([C@@H]2CCCN2CCCOc2ccc(C#N)cc2)no1. The van der Waals surface area contributed by atoms with E-state index in [2.05, 4.69) is 21.1 Å². The van der Waals surface area contributed by atoms with Crippen LogP contribution in [0.3, 0.4) is 0 Å². The Hall–Kier alpha value is -2.39. The predicted octanol–water partition coefficient (Wildman–Crippen LogP) is 2.86. The normalized spacial score (nSPS) is 18.0. The lowest BCUT2D eigenvalue weighted by Gasteiger charge is -2.21. The summed E-state index contributed by atoms with van der Waals surface area (Å²) >= 11 is 0. The Kier molecular flexibility index (Phi) is 4.89. The molecule has 1 aliphatic heterocycles. The molecule has 1 aliphatic rings. The molecule has 23 heavy (non-hydrogen) atoms. The van der Waals surface area contributed by atoms with Gasteiger partial charge >= 0.3 is 0 Å². The van der Waals surface area contributed by atoms with Crippen molar-refractivity contribution >= 4 is 0 Å². The molecule has 0 saturated carbocycles. The molecule has 3 rings (SSSR count). The first-order chi connectivity index (χ1) is 11.3. The van der Waals surface area contributed by atoms with Crippen LogP contribution in [-0.4, -0.2) is 34.7 Å². The lowest BCUT2D eigenvalue weighted by atomic mass is 10.2. The molecule has 0 aliphatic carbocycles. The Labute approximate surface area is 135 Å². The maximum atomic E-state index is 8.77. The second-order valence-electron chi connectivity index (χ2n) is 5.70. The highest BCUT2D eigenvalue weighted by atomic mass is 16.5. The number of hydrogen-bond acceptors (Lipinski definition) is 6. The number of nitrogens with zero attached hydrogens (tertiary/aromatic N) is 4. The zero-order valence-electron chi connectivity index (χ0n) is 13.2. The van der Waals surface area contributed by atoms with E-state index in [0.29, 0.717) is 18.1 Å². The molecule has 0 unspecified atom stereocenters. The second kappa shape index (κ2) is 7.25. The summed E-state index contributed by atoms with van der Waals surface area (Å²) in [6, 6.07) is 9.57. The van der Waals surface area contributed by atoms with Gasteiger partial charge in [-0.15, -0.1) is 0 Å². The molecule has 0 amide bonds. The van der Waals surface area contributed by atoms with Crippen molar-refractivity contribution in [3.8, 4) is 11.8 Å². The van der Waals surface area contributed by atoms with E-state index < -0.39 is 0 Å². The lowest BCUT2D eigenvalue weighted by Crippen LogP contribution is -2.26. The van der Waals surface area contributed by atoms with E-state index in [9.17, 15) is 0 Å². The van der Waals surface area contributed by atoms with Crippen LogP contribution in [0.25, 0.3) is 0 Å². The van der Waals surface area contributed by atoms with Gasteiger partial charge in [0.2, 0.25) is 5.89 Å². The van der Waals surface area contributed by atoms with E-state index >= 15 is 0 Å². The van der Waals surface area contributed by atoms with E-state index in [4.69, 9.17) is 14.5 Å². The number of benzene rings is 1. The van der Waals surface area contributed by atoms with Gasteiger partial charge in [-0.05, 0) is 50.1 Å². The highest BCUT2D eigenvalue weighted by Crippen LogP contribution is 2.29. The Balaban J connectivity index is 1.45. The minimum absolute atomic E-state index is 0.266. The fourth-order valence-corrected chi connectivity index (χ4v) is 2.92. The Morgan fingerprint density at radius 2 is 2.22 bits per heavy atom. The van der Waals surface area contributed by atoms with Crippen LogP contribution in [0.15, 0.2) is 28.8 Å². The summed E-state index contributed by atoms with van der Waals surface area (Å²) in [5.74, 6) is 2.22. The third kappa shape index (κ3) is 3.88. The molecule has 6 heteroatoms. The minimum atomic E-state index is 0.266. The Morgan fingerprint density at radius 3 is 2.91 bits per heavy atom. The Morgan fingerprint density at radius 1 is 1.39 bits per heavy atom. The largest absolute Gasteiger partial charge is 0.494 e. The molecule has 1 atom stereocenters. The minimum Gasteiger partial charge on any atom is -0.494 e. The molecule has 1 aromatic carbocycles. The van der Waals surface area contributed by atoms with Gasteiger partial charge in [0.1, 0.15) is 5.75 Å². The quantitative estimate of drug-likeness (QED) is 0.763. The fourth-order valence-electron chi connectivity index (χ4n) is 2.92. The molecule has 6 nitrogen and oxygen atoms in total. The third-order valence-electron chi connectivity index (χ3n) is 4.05. The molecule has 120 valence electrons. The highest BCUT2D eigenvalue weighted by molar-refractivity contribution is 5.34. The van der Waals surface area contributed by atoms with Gasteiger partial charge in [0.15, 0.2) is 5.82 Å². The topological polar surface area (TPSA) is 75.2 Å². The van der Waals surface area contributed by atoms with Gasteiger partial charge in [-0.3, -0.25) is 4.90 Å². The van der Waals surface area contributed by atoms with Gasteiger partial charge in [-0.2, -0.15) is 10.2 Å². The standard InChI is InChI=1S/C17H20N4O2/c1-13-19-17(20-23-13)16-4-2-9-21(16)10-3-11-22-15-7-5-14(12-18)6-8-15/h5-8,16H,2-4,9-11H2,1H3/t16-/m0/s1. The van der Waals surface area contributed by atoms with Gasteiger partial charge in [-0.25, -0.2) is 0 Å². The van der Waals surface area contributed by atoms with Crippen molar-refractivity contribution in [1.82, 2.24) is 15.0 Å². The average Bonchev–Trinajstić information content (AvgIpc) is 3.20. The van der Waals surface area contributed by atoms with E-state index in [1.165, 1.54) is 0 Å². The molecule has 1 saturated heterocycles. The zero-order chi connectivity index (χ0) is 16.1. The summed E-state index contributed by atoms with van der Waals surface area (Å²) in [6.07, 6.45) is 3.18. The number of nitriles is 1. The summed E-state index contributed by atoms with van der Waals surface area (Å²) < 4.78 is 10.8. The van der Waals surface area contributed by atoms with Gasteiger partial charge < -0.3 is 9.26 Å². The van der Waals surface area contributed by atoms with Crippen LogP contribution in [0.1, 0.15) is 42.6 Å². The molecule has 0 N–H and O–H groups in total.